The van der Waals surface area contributed by atoms with Gasteiger partial charge in [-0.25, -0.2) is 4.39 Å². The Morgan fingerprint density at radius 3 is 2.13 bits per heavy atom. The predicted molar refractivity (Wildman–Crippen MR) is 124 cm³/mol. The minimum atomic E-state index is -0.949. The van der Waals surface area contributed by atoms with Crippen molar-refractivity contribution in [3.63, 3.8) is 0 Å². The SMILES string of the molecule is CCCCCCC[C@H]1CC[C@H]([C@H]2CC[C@H](C#Cc3ccc(OC)c(F)c3F)CC2)CC1. The highest BCUT2D eigenvalue weighted by atomic mass is 19.2. The normalized spacial score (nSPS) is 26.2. The maximum Gasteiger partial charge on any atom is 0.201 e. The van der Waals surface area contributed by atoms with Crippen molar-refractivity contribution in [1.29, 1.82) is 0 Å². The molecule has 0 radical (unpaired) electrons. The second-order valence-corrected chi connectivity index (χ2v) is 9.81. The number of methoxy groups -OCH3 is 1. The van der Waals surface area contributed by atoms with Crippen LogP contribution in [0.5, 0.6) is 5.75 Å². The van der Waals surface area contributed by atoms with Crippen molar-refractivity contribution in [2.75, 3.05) is 7.11 Å². The van der Waals surface area contributed by atoms with Gasteiger partial charge in [0.05, 0.1) is 12.7 Å². The molecule has 2 aliphatic rings. The summed E-state index contributed by atoms with van der Waals surface area (Å²) in [5.41, 5.74) is 0.133. The largest absolute Gasteiger partial charge is 0.494 e. The van der Waals surface area contributed by atoms with E-state index in [1.807, 2.05) is 0 Å². The number of ether oxygens (including phenoxy) is 1. The lowest BCUT2D eigenvalue weighted by molar-refractivity contribution is 0.153. The summed E-state index contributed by atoms with van der Waals surface area (Å²) in [7, 11) is 1.34. The molecule has 0 amide bonds. The van der Waals surface area contributed by atoms with Crippen LogP contribution in [0.3, 0.4) is 0 Å². The first-order valence-electron chi connectivity index (χ1n) is 12.7. The highest BCUT2D eigenvalue weighted by molar-refractivity contribution is 5.41. The number of hydrogen-bond acceptors (Lipinski definition) is 1. The number of hydrogen-bond donors (Lipinski definition) is 0. The monoisotopic (exact) mass is 430 g/mol. The van der Waals surface area contributed by atoms with E-state index >= 15 is 0 Å². The van der Waals surface area contributed by atoms with E-state index in [2.05, 4.69) is 18.8 Å². The summed E-state index contributed by atoms with van der Waals surface area (Å²) in [6.45, 7) is 2.28. The molecule has 172 valence electrons. The van der Waals surface area contributed by atoms with Crippen molar-refractivity contribution < 1.29 is 13.5 Å². The van der Waals surface area contributed by atoms with E-state index in [1.165, 1.54) is 96.3 Å². The second-order valence-electron chi connectivity index (χ2n) is 9.81. The van der Waals surface area contributed by atoms with Crippen molar-refractivity contribution in [2.45, 2.75) is 96.8 Å². The van der Waals surface area contributed by atoms with Crippen LogP contribution in [0.2, 0.25) is 0 Å². The highest BCUT2D eigenvalue weighted by Crippen LogP contribution is 2.42. The van der Waals surface area contributed by atoms with E-state index in [1.54, 1.807) is 0 Å². The molecule has 0 heterocycles. The molecule has 0 spiro atoms. The number of benzene rings is 1. The summed E-state index contributed by atoms with van der Waals surface area (Å²) in [4.78, 5) is 0. The first kappa shape index (κ1) is 24.1. The molecule has 2 fully saturated rings. The molecule has 0 aromatic heterocycles. The lowest BCUT2D eigenvalue weighted by atomic mass is 9.69. The van der Waals surface area contributed by atoms with E-state index in [0.717, 1.165) is 30.6 Å². The molecule has 2 saturated carbocycles. The molecule has 3 rings (SSSR count). The predicted octanol–water partition coefficient (Wildman–Crippen LogP) is 8.30. The van der Waals surface area contributed by atoms with Crippen molar-refractivity contribution in [2.24, 2.45) is 23.7 Å². The van der Waals surface area contributed by atoms with Gasteiger partial charge in [-0.05, 0) is 68.4 Å². The molecule has 0 unspecified atom stereocenters. The molecule has 2 aliphatic carbocycles. The third kappa shape index (κ3) is 6.96. The molecule has 31 heavy (non-hydrogen) atoms. The smallest absolute Gasteiger partial charge is 0.201 e. The zero-order valence-corrected chi connectivity index (χ0v) is 19.5. The summed E-state index contributed by atoms with van der Waals surface area (Å²) < 4.78 is 32.8. The first-order valence-corrected chi connectivity index (χ1v) is 12.7. The quantitative estimate of drug-likeness (QED) is 0.298. The fourth-order valence-electron chi connectivity index (χ4n) is 5.69. The van der Waals surface area contributed by atoms with Crippen LogP contribution in [0.15, 0.2) is 12.1 Å². The Bertz CT molecular complexity index is 731. The van der Waals surface area contributed by atoms with Crippen molar-refractivity contribution >= 4 is 0 Å². The average Bonchev–Trinajstić information content (AvgIpc) is 2.81. The molecule has 3 heteroatoms. The van der Waals surface area contributed by atoms with Crippen LogP contribution in [0.4, 0.5) is 8.78 Å². The fourth-order valence-corrected chi connectivity index (χ4v) is 5.69. The Morgan fingerprint density at radius 1 is 0.839 bits per heavy atom. The van der Waals surface area contributed by atoms with E-state index in [4.69, 9.17) is 4.74 Å². The van der Waals surface area contributed by atoms with Gasteiger partial charge in [0, 0.05) is 5.92 Å². The molecule has 1 aromatic rings. The molecule has 0 aliphatic heterocycles. The van der Waals surface area contributed by atoms with Crippen molar-refractivity contribution in [3.05, 3.63) is 29.3 Å². The summed E-state index contributed by atoms with van der Waals surface area (Å²) in [6.07, 6.45) is 18.8. The molecule has 1 aromatic carbocycles. The number of halogens is 2. The van der Waals surface area contributed by atoms with Crippen LogP contribution in [0.1, 0.15) is 102 Å². The van der Waals surface area contributed by atoms with Crippen LogP contribution in [-0.2, 0) is 0 Å². The third-order valence-electron chi connectivity index (χ3n) is 7.72. The molecule has 0 saturated heterocycles. The zero-order chi connectivity index (χ0) is 22.1. The van der Waals surface area contributed by atoms with Crippen LogP contribution in [0.25, 0.3) is 0 Å². The van der Waals surface area contributed by atoms with Gasteiger partial charge in [0.15, 0.2) is 11.6 Å². The minimum absolute atomic E-state index is 0.0743. The van der Waals surface area contributed by atoms with Crippen molar-refractivity contribution in [1.82, 2.24) is 0 Å². The minimum Gasteiger partial charge on any atom is -0.494 e. The average molecular weight is 431 g/mol. The molecular weight excluding hydrogens is 390 g/mol. The molecule has 0 atom stereocenters. The van der Waals surface area contributed by atoms with Crippen molar-refractivity contribution in [3.8, 4) is 17.6 Å². The van der Waals surface area contributed by atoms with Gasteiger partial charge in [-0.15, -0.1) is 0 Å². The molecular formula is C28H40F2O. The topological polar surface area (TPSA) is 9.23 Å². The summed E-state index contributed by atoms with van der Waals surface area (Å²) in [5, 5.41) is 0. The number of rotatable bonds is 8. The lowest BCUT2D eigenvalue weighted by Gasteiger charge is -2.37. The van der Waals surface area contributed by atoms with Gasteiger partial charge < -0.3 is 4.74 Å². The van der Waals surface area contributed by atoms with Gasteiger partial charge in [0.1, 0.15) is 0 Å². The number of unbranched alkanes of at least 4 members (excludes halogenated alkanes) is 4. The lowest BCUT2D eigenvalue weighted by Crippen LogP contribution is -2.25. The van der Waals surface area contributed by atoms with Crippen LogP contribution >= 0.6 is 0 Å². The van der Waals surface area contributed by atoms with Gasteiger partial charge in [0.25, 0.3) is 0 Å². The van der Waals surface area contributed by atoms with Gasteiger partial charge in [-0.2, -0.15) is 4.39 Å². The third-order valence-corrected chi connectivity index (χ3v) is 7.72. The van der Waals surface area contributed by atoms with Crippen LogP contribution < -0.4 is 4.74 Å². The Balaban J connectivity index is 1.39. The van der Waals surface area contributed by atoms with E-state index < -0.39 is 11.6 Å². The summed E-state index contributed by atoms with van der Waals surface area (Å²) in [5.74, 6) is 7.20. The Hall–Kier alpha value is -1.56. The van der Waals surface area contributed by atoms with Gasteiger partial charge >= 0.3 is 0 Å². The molecule has 0 N–H and O–H groups in total. The van der Waals surface area contributed by atoms with Crippen LogP contribution in [-0.4, -0.2) is 7.11 Å². The summed E-state index contributed by atoms with van der Waals surface area (Å²) >= 11 is 0. The van der Waals surface area contributed by atoms with Gasteiger partial charge in [-0.1, -0.05) is 70.1 Å². The Kier molecular flexibility index (Phi) is 9.69. The van der Waals surface area contributed by atoms with Gasteiger partial charge in [-0.3, -0.25) is 0 Å². The Morgan fingerprint density at radius 2 is 1.48 bits per heavy atom. The first-order chi connectivity index (χ1) is 15.1. The highest BCUT2D eigenvalue weighted by Gasteiger charge is 2.30. The zero-order valence-electron chi connectivity index (χ0n) is 19.5. The van der Waals surface area contributed by atoms with E-state index in [9.17, 15) is 8.78 Å². The maximum absolute atomic E-state index is 14.1. The van der Waals surface area contributed by atoms with E-state index in [0.29, 0.717) is 5.92 Å². The second kappa shape index (κ2) is 12.5. The fraction of sp³-hybridized carbons (Fsp3) is 0.714. The van der Waals surface area contributed by atoms with E-state index in [-0.39, 0.29) is 11.3 Å². The molecule has 0 bridgehead atoms. The van der Waals surface area contributed by atoms with Crippen LogP contribution in [0, 0.1) is 47.1 Å². The summed E-state index contributed by atoms with van der Waals surface area (Å²) in [6, 6.07) is 2.96. The Labute approximate surface area is 188 Å². The molecule has 1 nitrogen and oxygen atoms in total. The maximum atomic E-state index is 14.1. The van der Waals surface area contributed by atoms with Gasteiger partial charge in [0.2, 0.25) is 5.82 Å². The standard InChI is InChI=1S/C28H40F2O/c1-3-4-5-6-7-8-21-9-14-23(15-10-21)24-16-11-22(12-17-24)13-18-25-19-20-26(31-2)28(30)27(25)29/h19-24H,3-12,14-17H2,1-2H3/t21-,22-,23-,24-.